The molecule has 2 aliphatic rings. The lowest BCUT2D eigenvalue weighted by Gasteiger charge is -2.23. The molecule has 4 heteroatoms. The summed E-state index contributed by atoms with van der Waals surface area (Å²) in [6.07, 6.45) is 8.10. The van der Waals surface area contributed by atoms with Crippen LogP contribution >= 0.6 is 0 Å². The number of unbranched alkanes of at least 4 members (excludes halogenated alkanes) is 3. The van der Waals surface area contributed by atoms with Crippen LogP contribution in [0.4, 0.5) is 0 Å². The summed E-state index contributed by atoms with van der Waals surface area (Å²) in [6, 6.07) is -0.306. The Morgan fingerprint density at radius 3 is 2.63 bits per heavy atom. The second-order valence-electron chi connectivity index (χ2n) is 5.69. The van der Waals surface area contributed by atoms with Crippen molar-refractivity contribution in [1.82, 2.24) is 4.90 Å². The zero-order valence-electron chi connectivity index (χ0n) is 11.9. The normalized spacial score (nSPS) is 22.6. The Kier molecular flexibility index (Phi) is 5.23. The van der Waals surface area contributed by atoms with Crippen LogP contribution in [0.1, 0.15) is 58.3 Å². The summed E-state index contributed by atoms with van der Waals surface area (Å²) < 4.78 is 5.32. The van der Waals surface area contributed by atoms with Crippen molar-refractivity contribution in [2.75, 3.05) is 13.2 Å². The second-order valence-corrected chi connectivity index (χ2v) is 5.69. The van der Waals surface area contributed by atoms with Gasteiger partial charge in [0.05, 0.1) is 6.61 Å². The Labute approximate surface area is 115 Å². The van der Waals surface area contributed by atoms with E-state index >= 15 is 0 Å². The Morgan fingerprint density at radius 2 is 1.95 bits per heavy atom. The fourth-order valence-corrected chi connectivity index (χ4v) is 2.64. The van der Waals surface area contributed by atoms with Gasteiger partial charge in [-0.2, -0.15) is 0 Å². The fourth-order valence-electron chi connectivity index (χ4n) is 2.64. The van der Waals surface area contributed by atoms with E-state index in [0.29, 0.717) is 6.61 Å². The smallest absolute Gasteiger partial charge is 0.328 e. The summed E-state index contributed by atoms with van der Waals surface area (Å²) in [5, 5.41) is 0. The first-order valence-electron chi connectivity index (χ1n) is 7.71. The maximum atomic E-state index is 12.1. The first kappa shape index (κ1) is 14.4. The molecule has 0 bridgehead atoms. The zero-order chi connectivity index (χ0) is 13.7. The molecule has 108 valence electrons. The average molecular weight is 267 g/mol. The maximum absolute atomic E-state index is 12.1. The topological polar surface area (TPSA) is 46.6 Å². The van der Waals surface area contributed by atoms with Gasteiger partial charge in [0.1, 0.15) is 6.04 Å². The van der Waals surface area contributed by atoms with Gasteiger partial charge in [-0.1, -0.05) is 26.2 Å². The minimum atomic E-state index is -0.306. The molecule has 0 N–H and O–H groups in total. The van der Waals surface area contributed by atoms with Gasteiger partial charge in [-0.3, -0.25) is 4.79 Å². The SMILES string of the molecule is CCCCCCOC(=O)C1CCCN1C(=O)C1CC1. The number of likely N-dealkylation sites (tertiary alicyclic amines) is 1. The molecule has 19 heavy (non-hydrogen) atoms. The zero-order valence-corrected chi connectivity index (χ0v) is 11.9. The lowest BCUT2D eigenvalue weighted by molar-refractivity contribution is -0.153. The highest BCUT2D eigenvalue weighted by molar-refractivity contribution is 5.87. The van der Waals surface area contributed by atoms with Gasteiger partial charge in [-0.25, -0.2) is 4.79 Å². The van der Waals surface area contributed by atoms with E-state index in [1.54, 1.807) is 4.90 Å². The molecule has 0 aromatic rings. The number of amides is 1. The third-order valence-corrected chi connectivity index (χ3v) is 3.98. The van der Waals surface area contributed by atoms with Gasteiger partial charge in [0.25, 0.3) is 0 Å². The molecule has 1 saturated heterocycles. The van der Waals surface area contributed by atoms with Crippen molar-refractivity contribution >= 4 is 11.9 Å². The van der Waals surface area contributed by atoms with Crippen LogP contribution in [0.15, 0.2) is 0 Å². The lowest BCUT2D eigenvalue weighted by Crippen LogP contribution is -2.42. The third kappa shape index (κ3) is 3.95. The summed E-state index contributed by atoms with van der Waals surface area (Å²) in [5.41, 5.74) is 0. The molecule has 0 aromatic carbocycles. The van der Waals surface area contributed by atoms with Crippen LogP contribution in [0.2, 0.25) is 0 Å². The minimum Gasteiger partial charge on any atom is -0.464 e. The molecule has 1 heterocycles. The standard InChI is InChI=1S/C15H25NO3/c1-2-3-4-5-11-19-15(18)13-7-6-10-16(13)14(17)12-8-9-12/h12-13H,2-11H2,1H3. The molecule has 1 aliphatic carbocycles. The van der Waals surface area contributed by atoms with E-state index in [0.717, 1.165) is 45.1 Å². The number of carbonyl (C=O) groups excluding carboxylic acids is 2. The van der Waals surface area contributed by atoms with Crippen LogP contribution < -0.4 is 0 Å². The van der Waals surface area contributed by atoms with E-state index in [-0.39, 0.29) is 23.8 Å². The molecule has 1 unspecified atom stereocenters. The van der Waals surface area contributed by atoms with Crippen molar-refractivity contribution in [3.8, 4) is 0 Å². The Bertz CT molecular complexity index is 325. The van der Waals surface area contributed by atoms with Crippen molar-refractivity contribution in [1.29, 1.82) is 0 Å². The Balaban J connectivity index is 1.72. The van der Waals surface area contributed by atoms with Crippen molar-refractivity contribution in [3.05, 3.63) is 0 Å². The molecule has 2 rings (SSSR count). The van der Waals surface area contributed by atoms with Gasteiger partial charge in [-0.05, 0) is 32.1 Å². The summed E-state index contributed by atoms with van der Waals surface area (Å²) >= 11 is 0. The number of carbonyl (C=O) groups is 2. The summed E-state index contributed by atoms with van der Waals surface area (Å²) in [5.74, 6) is 0.173. The maximum Gasteiger partial charge on any atom is 0.328 e. The van der Waals surface area contributed by atoms with Gasteiger partial charge >= 0.3 is 5.97 Å². The molecular weight excluding hydrogens is 242 g/mol. The molecule has 0 aromatic heterocycles. The predicted octanol–water partition coefficient (Wildman–Crippen LogP) is 2.51. The van der Waals surface area contributed by atoms with E-state index in [4.69, 9.17) is 4.74 Å². The van der Waals surface area contributed by atoms with Gasteiger partial charge in [-0.15, -0.1) is 0 Å². The number of nitrogens with zero attached hydrogens (tertiary/aromatic N) is 1. The van der Waals surface area contributed by atoms with Crippen LogP contribution in [0.5, 0.6) is 0 Å². The molecule has 1 atom stereocenters. The van der Waals surface area contributed by atoms with E-state index in [9.17, 15) is 9.59 Å². The molecule has 2 fully saturated rings. The number of hydrogen-bond donors (Lipinski definition) is 0. The number of esters is 1. The van der Waals surface area contributed by atoms with Crippen molar-refractivity contribution in [3.63, 3.8) is 0 Å². The number of rotatable bonds is 7. The molecule has 1 saturated carbocycles. The van der Waals surface area contributed by atoms with E-state index in [1.165, 1.54) is 12.8 Å². The first-order chi connectivity index (χ1) is 9.24. The highest BCUT2D eigenvalue weighted by atomic mass is 16.5. The quantitative estimate of drug-likeness (QED) is 0.526. The van der Waals surface area contributed by atoms with Crippen LogP contribution in [-0.2, 0) is 14.3 Å². The van der Waals surface area contributed by atoms with Crippen LogP contribution in [0.25, 0.3) is 0 Å². The van der Waals surface area contributed by atoms with Gasteiger partial charge in [0, 0.05) is 12.5 Å². The highest BCUT2D eigenvalue weighted by Gasteiger charge is 2.41. The van der Waals surface area contributed by atoms with E-state index in [1.807, 2.05) is 0 Å². The molecule has 0 radical (unpaired) electrons. The largest absolute Gasteiger partial charge is 0.464 e. The summed E-state index contributed by atoms with van der Waals surface area (Å²) in [4.78, 5) is 25.8. The van der Waals surface area contributed by atoms with Crippen molar-refractivity contribution in [2.24, 2.45) is 5.92 Å². The molecular formula is C15H25NO3. The van der Waals surface area contributed by atoms with Gasteiger partial charge in [0.2, 0.25) is 5.91 Å². The van der Waals surface area contributed by atoms with E-state index in [2.05, 4.69) is 6.92 Å². The van der Waals surface area contributed by atoms with Crippen molar-refractivity contribution < 1.29 is 14.3 Å². The summed E-state index contributed by atoms with van der Waals surface area (Å²) in [7, 11) is 0. The first-order valence-corrected chi connectivity index (χ1v) is 7.71. The monoisotopic (exact) mass is 267 g/mol. The lowest BCUT2D eigenvalue weighted by atomic mass is 10.2. The average Bonchev–Trinajstić information content (AvgIpc) is 3.14. The minimum absolute atomic E-state index is 0.172. The predicted molar refractivity (Wildman–Crippen MR) is 72.6 cm³/mol. The van der Waals surface area contributed by atoms with Crippen LogP contribution in [0, 0.1) is 5.92 Å². The fraction of sp³-hybridized carbons (Fsp3) is 0.867. The molecule has 0 spiro atoms. The van der Waals surface area contributed by atoms with Crippen molar-refractivity contribution in [2.45, 2.75) is 64.3 Å². The molecule has 1 aliphatic heterocycles. The third-order valence-electron chi connectivity index (χ3n) is 3.98. The second kappa shape index (κ2) is 6.92. The number of hydrogen-bond acceptors (Lipinski definition) is 3. The van der Waals surface area contributed by atoms with E-state index < -0.39 is 0 Å². The van der Waals surface area contributed by atoms with Gasteiger partial charge < -0.3 is 9.64 Å². The molecule has 4 nitrogen and oxygen atoms in total. The van der Waals surface area contributed by atoms with Crippen LogP contribution in [0.3, 0.4) is 0 Å². The highest BCUT2D eigenvalue weighted by Crippen LogP contribution is 2.33. The Morgan fingerprint density at radius 1 is 1.16 bits per heavy atom. The number of ether oxygens (including phenoxy) is 1. The summed E-state index contributed by atoms with van der Waals surface area (Å²) in [6.45, 7) is 3.39. The van der Waals surface area contributed by atoms with Crippen LogP contribution in [-0.4, -0.2) is 36.0 Å². The Hall–Kier alpha value is -1.06. The van der Waals surface area contributed by atoms with Gasteiger partial charge in [0.15, 0.2) is 0 Å². The molecule has 1 amide bonds.